The Morgan fingerprint density at radius 1 is 1.07 bits per heavy atom. The van der Waals surface area contributed by atoms with Gasteiger partial charge in [-0.2, -0.15) is 0 Å². The first-order valence-corrected chi connectivity index (χ1v) is 6.12. The second-order valence-electron chi connectivity index (χ2n) is 4.48. The number of hydrogen-bond donors (Lipinski definition) is 0. The molecular formula is C13H16ClF. The predicted molar refractivity (Wildman–Crippen MR) is 61.9 cm³/mol. The quantitative estimate of drug-likeness (QED) is 0.661. The molecule has 0 spiro atoms. The standard InChI is InChI=1S/C13H16ClF/c14-10-13(8-2-1-3-9-13)11-4-6-12(15)7-5-11/h4-7H,1-3,8-10H2. The van der Waals surface area contributed by atoms with E-state index in [1.165, 1.54) is 37.0 Å². The lowest BCUT2D eigenvalue weighted by Crippen LogP contribution is -2.30. The van der Waals surface area contributed by atoms with E-state index >= 15 is 0 Å². The highest BCUT2D eigenvalue weighted by atomic mass is 35.5. The maximum atomic E-state index is 12.8. The zero-order valence-electron chi connectivity index (χ0n) is 8.81. The van der Waals surface area contributed by atoms with E-state index in [1.54, 1.807) is 0 Å². The van der Waals surface area contributed by atoms with Crippen molar-refractivity contribution in [2.45, 2.75) is 37.5 Å². The Morgan fingerprint density at radius 3 is 2.20 bits per heavy atom. The van der Waals surface area contributed by atoms with Crippen LogP contribution in [0.3, 0.4) is 0 Å². The van der Waals surface area contributed by atoms with Crippen molar-refractivity contribution in [2.24, 2.45) is 0 Å². The topological polar surface area (TPSA) is 0 Å². The Morgan fingerprint density at radius 2 is 1.67 bits per heavy atom. The van der Waals surface area contributed by atoms with Crippen LogP contribution in [0, 0.1) is 5.82 Å². The molecule has 1 aromatic carbocycles. The molecule has 0 amide bonds. The average molecular weight is 227 g/mol. The number of halogens is 2. The van der Waals surface area contributed by atoms with E-state index < -0.39 is 0 Å². The predicted octanol–water partition coefficient (Wildman–Crippen LogP) is 4.27. The minimum absolute atomic E-state index is 0.105. The molecule has 1 aliphatic carbocycles. The highest BCUT2D eigenvalue weighted by Gasteiger charge is 2.32. The third-order valence-electron chi connectivity index (χ3n) is 3.52. The van der Waals surface area contributed by atoms with Gasteiger partial charge in [-0.05, 0) is 30.5 Å². The lowest BCUT2D eigenvalue weighted by Gasteiger charge is -2.36. The van der Waals surface area contributed by atoms with Crippen LogP contribution in [-0.2, 0) is 5.41 Å². The van der Waals surface area contributed by atoms with Crippen LogP contribution in [0.5, 0.6) is 0 Å². The van der Waals surface area contributed by atoms with Crippen LogP contribution < -0.4 is 0 Å². The zero-order valence-corrected chi connectivity index (χ0v) is 9.56. The van der Waals surface area contributed by atoms with E-state index in [0.29, 0.717) is 5.88 Å². The number of benzene rings is 1. The third kappa shape index (κ3) is 2.17. The molecule has 1 aliphatic rings. The summed E-state index contributed by atoms with van der Waals surface area (Å²) in [5.74, 6) is 0.484. The van der Waals surface area contributed by atoms with Crippen molar-refractivity contribution in [3.05, 3.63) is 35.6 Å². The van der Waals surface area contributed by atoms with Gasteiger partial charge in [0.15, 0.2) is 0 Å². The highest BCUT2D eigenvalue weighted by molar-refractivity contribution is 6.18. The van der Waals surface area contributed by atoms with E-state index in [2.05, 4.69) is 0 Å². The zero-order chi connectivity index (χ0) is 10.7. The van der Waals surface area contributed by atoms with Crippen LogP contribution in [-0.4, -0.2) is 5.88 Å². The van der Waals surface area contributed by atoms with Gasteiger partial charge in [0.2, 0.25) is 0 Å². The number of rotatable bonds is 2. The molecule has 0 unspecified atom stereocenters. The van der Waals surface area contributed by atoms with Gasteiger partial charge < -0.3 is 0 Å². The molecule has 0 atom stereocenters. The Kier molecular flexibility index (Phi) is 3.30. The van der Waals surface area contributed by atoms with Crippen LogP contribution in [0.25, 0.3) is 0 Å². The molecular weight excluding hydrogens is 211 g/mol. The fourth-order valence-electron chi connectivity index (χ4n) is 2.53. The highest BCUT2D eigenvalue weighted by Crippen LogP contribution is 2.40. The molecule has 1 saturated carbocycles. The molecule has 0 bridgehead atoms. The Hall–Kier alpha value is -0.560. The average Bonchev–Trinajstić information content (AvgIpc) is 2.31. The summed E-state index contributed by atoms with van der Waals surface area (Å²) in [6.07, 6.45) is 6.07. The van der Waals surface area contributed by atoms with Gasteiger partial charge in [0, 0.05) is 11.3 Å². The molecule has 1 fully saturated rings. The normalized spacial score (nSPS) is 20.1. The largest absolute Gasteiger partial charge is 0.207 e. The Balaban J connectivity index is 2.28. The van der Waals surface area contributed by atoms with E-state index in [-0.39, 0.29) is 11.2 Å². The number of hydrogen-bond acceptors (Lipinski definition) is 0. The van der Waals surface area contributed by atoms with Crippen molar-refractivity contribution in [3.63, 3.8) is 0 Å². The maximum absolute atomic E-state index is 12.8. The Labute approximate surface area is 95.4 Å². The van der Waals surface area contributed by atoms with Crippen molar-refractivity contribution in [1.82, 2.24) is 0 Å². The van der Waals surface area contributed by atoms with Crippen molar-refractivity contribution < 1.29 is 4.39 Å². The molecule has 0 radical (unpaired) electrons. The smallest absolute Gasteiger partial charge is 0.123 e. The molecule has 2 heteroatoms. The fourth-order valence-corrected chi connectivity index (χ4v) is 2.95. The molecule has 0 saturated heterocycles. The molecule has 0 aromatic heterocycles. The fraction of sp³-hybridized carbons (Fsp3) is 0.538. The van der Waals surface area contributed by atoms with Crippen molar-refractivity contribution in [1.29, 1.82) is 0 Å². The maximum Gasteiger partial charge on any atom is 0.123 e. The summed E-state index contributed by atoms with van der Waals surface area (Å²) in [6, 6.07) is 6.86. The summed E-state index contributed by atoms with van der Waals surface area (Å²) >= 11 is 6.12. The van der Waals surface area contributed by atoms with Gasteiger partial charge in [-0.25, -0.2) is 4.39 Å². The molecule has 0 nitrogen and oxygen atoms in total. The Bertz CT molecular complexity index is 312. The van der Waals surface area contributed by atoms with Crippen molar-refractivity contribution in [2.75, 3.05) is 5.88 Å². The van der Waals surface area contributed by atoms with Gasteiger partial charge in [0.05, 0.1) is 0 Å². The minimum atomic E-state index is -0.167. The summed E-state index contributed by atoms with van der Waals surface area (Å²) in [7, 11) is 0. The number of alkyl halides is 1. The molecule has 15 heavy (non-hydrogen) atoms. The molecule has 82 valence electrons. The molecule has 0 N–H and O–H groups in total. The lowest BCUT2D eigenvalue weighted by molar-refractivity contribution is 0.323. The first kappa shape index (κ1) is 10.9. The third-order valence-corrected chi connectivity index (χ3v) is 4.03. The SMILES string of the molecule is Fc1ccc(C2(CCl)CCCCC2)cc1. The van der Waals surface area contributed by atoms with Gasteiger partial charge in [-0.15, -0.1) is 11.6 Å². The van der Waals surface area contributed by atoms with E-state index in [4.69, 9.17) is 11.6 Å². The van der Waals surface area contributed by atoms with Crippen molar-refractivity contribution >= 4 is 11.6 Å². The first-order valence-electron chi connectivity index (χ1n) is 5.59. The van der Waals surface area contributed by atoms with Crippen LogP contribution >= 0.6 is 11.6 Å². The van der Waals surface area contributed by atoms with E-state index in [9.17, 15) is 4.39 Å². The van der Waals surface area contributed by atoms with Crippen LogP contribution in [0.2, 0.25) is 0 Å². The minimum Gasteiger partial charge on any atom is -0.207 e. The summed E-state index contributed by atoms with van der Waals surface area (Å²) < 4.78 is 12.8. The monoisotopic (exact) mass is 226 g/mol. The van der Waals surface area contributed by atoms with Gasteiger partial charge in [0.25, 0.3) is 0 Å². The van der Waals surface area contributed by atoms with E-state index in [0.717, 1.165) is 12.8 Å². The van der Waals surface area contributed by atoms with E-state index in [1.807, 2.05) is 12.1 Å². The van der Waals surface area contributed by atoms with Crippen LogP contribution in [0.4, 0.5) is 4.39 Å². The van der Waals surface area contributed by atoms with Crippen LogP contribution in [0.15, 0.2) is 24.3 Å². The van der Waals surface area contributed by atoms with Crippen LogP contribution in [0.1, 0.15) is 37.7 Å². The summed E-state index contributed by atoms with van der Waals surface area (Å²) in [6.45, 7) is 0. The summed E-state index contributed by atoms with van der Waals surface area (Å²) in [4.78, 5) is 0. The molecule has 1 aromatic rings. The molecule has 2 rings (SSSR count). The second-order valence-corrected chi connectivity index (χ2v) is 4.75. The summed E-state index contributed by atoms with van der Waals surface area (Å²) in [5.41, 5.74) is 1.31. The van der Waals surface area contributed by atoms with Crippen molar-refractivity contribution in [3.8, 4) is 0 Å². The summed E-state index contributed by atoms with van der Waals surface area (Å²) in [5, 5.41) is 0. The first-order chi connectivity index (χ1) is 7.27. The molecule has 0 heterocycles. The van der Waals surface area contributed by atoms with Gasteiger partial charge in [0.1, 0.15) is 5.82 Å². The molecule has 0 aliphatic heterocycles. The second kappa shape index (κ2) is 4.52. The van der Waals surface area contributed by atoms with Gasteiger partial charge >= 0.3 is 0 Å². The lowest BCUT2D eigenvalue weighted by atomic mass is 9.71. The van der Waals surface area contributed by atoms with Gasteiger partial charge in [-0.3, -0.25) is 0 Å². The van der Waals surface area contributed by atoms with Gasteiger partial charge in [-0.1, -0.05) is 31.4 Å².